The molecule has 0 aliphatic heterocycles. The molecule has 0 amide bonds. The van der Waals surface area contributed by atoms with Crippen LogP contribution >= 0.6 is 0 Å². The van der Waals surface area contributed by atoms with Crippen molar-refractivity contribution < 1.29 is 20.1 Å². The Balaban J connectivity index is 1.77. The van der Waals surface area contributed by atoms with Crippen LogP contribution in [0.15, 0.2) is 78.9 Å². The fourth-order valence-corrected chi connectivity index (χ4v) is 2.82. The molecule has 136 valence electrons. The van der Waals surface area contributed by atoms with Crippen molar-refractivity contribution in [2.45, 2.75) is 12.8 Å². The standard InChI is InChI=1S/C23H20O4/c24-18-11-9-16(10-12-18)7-4-8-21(25)19-13-14-22(26)20(23(19)27)15-17-5-2-1-3-6-17/h1-6,8-14,24,26-27H,7,15H2/b8-4+. The van der Waals surface area contributed by atoms with Crippen LogP contribution in [0.2, 0.25) is 0 Å². The Hall–Kier alpha value is -3.53. The van der Waals surface area contributed by atoms with Crippen molar-refractivity contribution >= 4 is 5.78 Å². The predicted molar refractivity (Wildman–Crippen MR) is 104 cm³/mol. The molecule has 0 radical (unpaired) electrons. The van der Waals surface area contributed by atoms with Gasteiger partial charge in [0.2, 0.25) is 0 Å². The SMILES string of the molecule is O=C(/C=C/Cc1ccc(O)cc1)c1ccc(O)c(Cc2ccccc2)c1O. The number of phenolic OH excluding ortho intramolecular Hbond substituents is 3. The maximum absolute atomic E-state index is 12.5. The van der Waals surface area contributed by atoms with Crippen molar-refractivity contribution in [3.63, 3.8) is 0 Å². The van der Waals surface area contributed by atoms with Gasteiger partial charge in [0, 0.05) is 12.0 Å². The summed E-state index contributed by atoms with van der Waals surface area (Å²) in [5, 5.41) is 29.9. The van der Waals surface area contributed by atoms with Crippen LogP contribution < -0.4 is 0 Å². The first-order chi connectivity index (χ1) is 13.0. The highest BCUT2D eigenvalue weighted by molar-refractivity contribution is 6.06. The van der Waals surface area contributed by atoms with Gasteiger partial charge in [-0.2, -0.15) is 0 Å². The third-order valence-corrected chi connectivity index (χ3v) is 4.31. The summed E-state index contributed by atoms with van der Waals surface area (Å²) in [4.78, 5) is 12.5. The topological polar surface area (TPSA) is 77.8 Å². The zero-order valence-corrected chi connectivity index (χ0v) is 14.7. The highest BCUT2D eigenvalue weighted by Gasteiger charge is 2.16. The van der Waals surface area contributed by atoms with E-state index in [4.69, 9.17) is 0 Å². The number of phenols is 3. The number of hydrogen-bond donors (Lipinski definition) is 3. The molecule has 27 heavy (non-hydrogen) atoms. The van der Waals surface area contributed by atoms with E-state index in [1.54, 1.807) is 30.3 Å². The van der Waals surface area contributed by atoms with Crippen molar-refractivity contribution in [2.75, 3.05) is 0 Å². The van der Waals surface area contributed by atoms with Crippen LogP contribution in [0.3, 0.4) is 0 Å². The van der Waals surface area contributed by atoms with E-state index in [1.165, 1.54) is 18.2 Å². The van der Waals surface area contributed by atoms with Crippen LogP contribution in [-0.2, 0) is 12.8 Å². The normalized spacial score (nSPS) is 11.0. The fourth-order valence-electron chi connectivity index (χ4n) is 2.82. The minimum Gasteiger partial charge on any atom is -0.508 e. The predicted octanol–water partition coefficient (Wildman–Crippen LogP) is 4.38. The zero-order chi connectivity index (χ0) is 19.2. The van der Waals surface area contributed by atoms with Crippen LogP contribution in [0, 0.1) is 0 Å². The first-order valence-corrected chi connectivity index (χ1v) is 8.61. The molecule has 0 saturated carbocycles. The average Bonchev–Trinajstić information content (AvgIpc) is 2.67. The Bertz CT molecular complexity index is 958. The summed E-state index contributed by atoms with van der Waals surface area (Å²) in [5.41, 5.74) is 2.37. The highest BCUT2D eigenvalue weighted by atomic mass is 16.3. The number of ketones is 1. The van der Waals surface area contributed by atoms with E-state index in [1.807, 2.05) is 30.3 Å². The monoisotopic (exact) mass is 360 g/mol. The molecule has 0 aliphatic rings. The lowest BCUT2D eigenvalue weighted by atomic mass is 9.98. The Labute approximate surface area is 157 Å². The Morgan fingerprint density at radius 2 is 1.52 bits per heavy atom. The third kappa shape index (κ3) is 4.55. The van der Waals surface area contributed by atoms with Gasteiger partial charge in [-0.1, -0.05) is 48.5 Å². The molecule has 4 heteroatoms. The van der Waals surface area contributed by atoms with Crippen molar-refractivity contribution in [1.82, 2.24) is 0 Å². The van der Waals surface area contributed by atoms with E-state index < -0.39 is 0 Å². The molecule has 0 spiro atoms. The molecule has 3 rings (SSSR count). The maximum Gasteiger partial charge on any atom is 0.189 e. The largest absolute Gasteiger partial charge is 0.508 e. The zero-order valence-electron chi connectivity index (χ0n) is 14.7. The van der Waals surface area contributed by atoms with Gasteiger partial charge in [0.1, 0.15) is 17.2 Å². The van der Waals surface area contributed by atoms with Gasteiger partial charge in [-0.05, 0) is 47.9 Å². The molecule has 0 atom stereocenters. The fraction of sp³-hybridized carbons (Fsp3) is 0.0870. The second kappa shape index (κ2) is 8.23. The van der Waals surface area contributed by atoms with Crippen LogP contribution in [0.1, 0.15) is 27.0 Å². The van der Waals surface area contributed by atoms with Gasteiger partial charge in [0.25, 0.3) is 0 Å². The van der Waals surface area contributed by atoms with Gasteiger partial charge >= 0.3 is 0 Å². The molecule has 0 bridgehead atoms. The lowest BCUT2D eigenvalue weighted by molar-refractivity contribution is 0.104. The molecular weight excluding hydrogens is 340 g/mol. The van der Waals surface area contributed by atoms with Crippen molar-refractivity contribution in [3.05, 3.63) is 101 Å². The summed E-state index contributed by atoms with van der Waals surface area (Å²) < 4.78 is 0. The molecular formula is C23H20O4. The number of aromatic hydroxyl groups is 3. The smallest absolute Gasteiger partial charge is 0.189 e. The number of hydrogen-bond acceptors (Lipinski definition) is 4. The molecule has 0 aliphatic carbocycles. The number of rotatable bonds is 6. The van der Waals surface area contributed by atoms with Gasteiger partial charge in [0.15, 0.2) is 5.78 Å². The number of carbonyl (C=O) groups is 1. The number of allylic oxidation sites excluding steroid dienone is 2. The van der Waals surface area contributed by atoms with Gasteiger partial charge < -0.3 is 15.3 Å². The second-order valence-corrected chi connectivity index (χ2v) is 6.26. The molecule has 3 aromatic rings. The minimum atomic E-state index is -0.333. The van der Waals surface area contributed by atoms with Crippen LogP contribution in [0.4, 0.5) is 0 Å². The molecule has 0 fully saturated rings. The summed E-state index contributed by atoms with van der Waals surface area (Å²) in [6, 6.07) is 19.0. The van der Waals surface area contributed by atoms with Gasteiger partial charge in [-0.15, -0.1) is 0 Å². The molecule has 0 aromatic heterocycles. The van der Waals surface area contributed by atoms with E-state index in [0.29, 0.717) is 18.4 Å². The Morgan fingerprint density at radius 3 is 2.22 bits per heavy atom. The van der Waals surface area contributed by atoms with Crippen LogP contribution in [0.5, 0.6) is 17.2 Å². The Kier molecular flexibility index (Phi) is 5.57. The number of carbonyl (C=O) groups excluding carboxylic acids is 1. The molecule has 3 N–H and O–H groups in total. The molecule has 0 unspecified atom stereocenters. The molecule has 3 aromatic carbocycles. The third-order valence-electron chi connectivity index (χ3n) is 4.31. The molecule has 4 nitrogen and oxygen atoms in total. The van der Waals surface area contributed by atoms with Crippen molar-refractivity contribution in [2.24, 2.45) is 0 Å². The summed E-state index contributed by atoms with van der Waals surface area (Å²) >= 11 is 0. The van der Waals surface area contributed by atoms with Crippen LogP contribution in [-0.4, -0.2) is 21.1 Å². The van der Waals surface area contributed by atoms with E-state index in [9.17, 15) is 20.1 Å². The van der Waals surface area contributed by atoms with Gasteiger partial charge in [-0.3, -0.25) is 4.79 Å². The van der Waals surface area contributed by atoms with Gasteiger partial charge in [0.05, 0.1) is 5.56 Å². The lowest BCUT2D eigenvalue weighted by Crippen LogP contribution is -1.99. The summed E-state index contributed by atoms with van der Waals surface area (Å²) in [7, 11) is 0. The lowest BCUT2D eigenvalue weighted by Gasteiger charge is -2.10. The first kappa shape index (κ1) is 18.3. The van der Waals surface area contributed by atoms with E-state index in [-0.39, 0.29) is 28.6 Å². The first-order valence-electron chi connectivity index (χ1n) is 8.61. The highest BCUT2D eigenvalue weighted by Crippen LogP contribution is 2.33. The van der Waals surface area contributed by atoms with E-state index in [0.717, 1.165) is 11.1 Å². The maximum atomic E-state index is 12.5. The van der Waals surface area contributed by atoms with Crippen molar-refractivity contribution in [3.8, 4) is 17.2 Å². The van der Waals surface area contributed by atoms with Gasteiger partial charge in [-0.25, -0.2) is 0 Å². The molecule has 0 saturated heterocycles. The summed E-state index contributed by atoms with van der Waals surface area (Å²) in [6.45, 7) is 0. The minimum absolute atomic E-state index is 0.0408. The number of benzene rings is 3. The van der Waals surface area contributed by atoms with Crippen LogP contribution in [0.25, 0.3) is 0 Å². The summed E-state index contributed by atoms with van der Waals surface area (Å²) in [5.74, 6) is -0.376. The average molecular weight is 360 g/mol. The second-order valence-electron chi connectivity index (χ2n) is 6.26. The van der Waals surface area contributed by atoms with Crippen molar-refractivity contribution in [1.29, 1.82) is 0 Å². The van der Waals surface area contributed by atoms with E-state index in [2.05, 4.69) is 0 Å². The summed E-state index contributed by atoms with van der Waals surface area (Å²) in [6.07, 6.45) is 3.97. The quantitative estimate of drug-likeness (QED) is 0.450. The molecule has 0 heterocycles. The Morgan fingerprint density at radius 1 is 0.815 bits per heavy atom. The van der Waals surface area contributed by atoms with E-state index >= 15 is 0 Å².